The first-order valence-corrected chi connectivity index (χ1v) is 7.12. The predicted molar refractivity (Wildman–Crippen MR) is 81.5 cm³/mol. The molecule has 2 aromatic heterocycles. The summed E-state index contributed by atoms with van der Waals surface area (Å²) in [5.41, 5.74) is 1.33. The van der Waals surface area contributed by atoms with Crippen LogP contribution in [0.15, 0.2) is 18.2 Å². The van der Waals surface area contributed by atoms with Crippen LogP contribution in [0.3, 0.4) is 0 Å². The molecule has 1 N–H and O–H groups in total. The minimum atomic E-state index is -4.70. The van der Waals surface area contributed by atoms with E-state index in [0.717, 1.165) is 0 Å². The van der Waals surface area contributed by atoms with Gasteiger partial charge in [0, 0.05) is 28.9 Å². The second-order valence-corrected chi connectivity index (χ2v) is 5.36. The Bertz CT molecular complexity index is 951. The Morgan fingerprint density at radius 2 is 1.80 bits per heavy atom. The zero-order chi connectivity index (χ0) is 18.4. The Kier molecular flexibility index (Phi) is 3.97. The number of anilines is 2. The van der Waals surface area contributed by atoms with E-state index in [1.165, 1.54) is 25.3 Å². The van der Waals surface area contributed by atoms with Crippen molar-refractivity contribution in [2.45, 2.75) is 20.0 Å². The lowest BCUT2D eigenvalue weighted by Gasteiger charge is -2.13. The summed E-state index contributed by atoms with van der Waals surface area (Å²) in [4.78, 5) is 0. The fraction of sp³-hybridized carbons (Fsp3) is 0.267. The van der Waals surface area contributed by atoms with E-state index in [-0.39, 0.29) is 22.9 Å². The van der Waals surface area contributed by atoms with E-state index < -0.39 is 17.8 Å². The maximum Gasteiger partial charge on any atom is 0.453 e. The van der Waals surface area contributed by atoms with Crippen molar-refractivity contribution in [1.29, 1.82) is 0 Å². The molecule has 0 unspecified atom stereocenters. The number of ether oxygens (including phenoxy) is 1. The third-order valence-electron chi connectivity index (χ3n) is 3.72. The molecule has 3 rings (SSSR count). The van der Waals surface area contributed by atoms with Crippen LogP contribution in [-0.4, -0.2) is 26.9 Å². The maximum absolute atomic E-state index is 13.6. The van der Waals surface area contributed by atoms with Crippen LogP contribution in [0.5, 0.6) is 5.75 Å². The minimum absolute atomic E-state index is 0.00666. The van der Waals surface area contributed by atoms with Crippen molar-refractivity contribution in [3.05, 3.63) is 41.0 Å². The number of aromatic nitrogens is 4. The fourth-order valence-corrected chi connectivity index (χ4v) is 2.31. The van der Waals surface area contributed by atoms with Gasteiger partial charge in [-0.15, -0.1) is 15.3 Å². The van der Waals surface area contributed by atoms with Gasteiger partial charge in [0.05, 0.1) is 7.11 Å². The molecule has 0 saturated carbocycles. The predicted octanol–water partition coefficient (Wildman–Crippen LogP) is 3.65. The number of aryl methyl sites for hydroxylation is 1. The normalized spacial score (nSPS) is 11.8. The Morgan fingerprint density at radius 1 is 1.08 bits per heavy atom. The lowest BCUT2D eigenvalue weighted by atomic mass is 10.2. The van der Waals surface area contributed by atoms with Crippen LogP contribution in [0.25, 0.3) is 5.65 Å². The highest BCUT2D eigenvalue weighted by Crippen LogP contribution is 2.31. The van der Waals surface area contributed by atoms with Crippen molar-refractivity contribution in [2.24, 2.45) is 0 Å². The maximum atomic E-state index is 13.6. The van der Waals surface area contributed by atoms with Gasteiger partial charge in [-0.1, -0.05) is 0 Å². The van der Waals surface area contributed by atoms with Gasteiger partial charge in [-0.3, -0.25) is 0 Å². The standard InChI is InChI=1S/C15H13F4N5O/c1-7-8(2)13-21-22-14(15(17,18)19)24(13)23-12(7)20-10-4-9(16)5-11(6-10)25-3/h4-6H,1-3H3,(H,20,23). The fourth-order valence-electron chi connectivity index (χ4n) is 2.31. The number of nitrogens with zero attached hydrogens (tertiary/aromatic N) is 4. The molecule has 0 bridgehead atoms. The molecule has 1 aromatic carbocycles. The van der Waals surface area contributed by atoms with E-state index in [1.54, 1.807) is 13.8 Å². The lowest BCUT2D eigenvalue weighted by molar-refractivity contribution is -0.146. The monoisotopic (exact) mass is 355 g/mol. The summed E-state index contributed by atoms with van der Waals surface area (Å²) in [5, 5.41) is 13.5. The van der Waals surface area contributed by atoms with Crippen molar-refractivity contribution in [3.8, 4) is 5.75 Å². The molecule has 0 spiro atoms. The van der Waals surface area contributed by atoms with Crippen molar-refractivity contribution in [1.82, 2.24) is 19.8 Å². The van der Waals surface area contributed by atoms with E-state index in [4.69, 9.17) is 4.74 Å². The average Bonchev–Trinajstić information content (AvgIpc) is 2.95. The van der Waals surface area contributed by atoms with E-state index in [0.29, 0.717) is 15.6 Å². The smallest absolute Gasteiger partial charge is 0.453 e. The zero-order valence-electron chi connectivity index (χ0n) is 13.4. The summed E-state index contributed by atoms with van der Waals surface area (Å²) in [5.74, 6) is -1.40. The summed E-state index contributed by atoms with van der Waals surface area (Å²) in [6.07, 6.45) is -4.70. The largest absolute Gasteiger partial charge is 0.497 e. The van der Waals surface area contributed by atoms with Gasteiger partial charge >= 0.3 is 6.18 Å². The van der Waals surface area contributed by atoms with E-state index in [2.05, 4.69) is 20.6 Å². The SMILES string of the molecule is COc1cc(F)cc(Nc2nn3c(C(F)(F)F)nnc3c(C)c2C)c1. The molecule has 0 atom stereocenters. The van der Waals surface area contributed by atoms with Gasteiger partial charge in [0.1, 0.15) is 11.6 Å². The van der Waals surface area contributed by atoms with E-state index in [9.17, 15) is 17.6 Å². The van der Waals surface area contributed by atoms with Gasteiger partial charge in [-0.05, 0) is 19.9 Å². The molecular weight excluding hydrogens is 342 g/mol. The molecule has 0 amide bonds. The van der Waals surface area contributed by atoms with Crippen molar-refractivity contribution in [2.75, 3.05) is 12.4 Å². The van der Waals surface area contributed by atoms with Gasteiger partial charge in [0.2, 0.25) is 0 Å². The molecule has 0 aliphatic heterocycles. The molecule has 2 heterocycles. The first-order chi connectivity index (χ1) is 11.7. The van der Waals surface area contributed by atoms with Crippen molar-refractivity contribution < 1.29 is 22.3 Å². The quantitative estimate of drug-likeness (QED) is 0.727. The van der Waals surface area contributed by atoms with Crippen LogP contribution in [-0.2, 0) is 6.18 Å². The summed E-state index contributed by atoms with van der Waals surface area (Å²) < 4.78 is 58.3. The number of hydrogen-bond donors (Lipinski definition) is 1. The van der Waals surface area contributed by atoms with Crippen LogP contribution in [0.4, 0.5) is 29.1 Å². The summed E-state index contributed by atoms with van der Waals surface area (Å²) in [6.45, 7) is 3.28. The molecule has 6 nitrogen and oxygen atoms in total. The molecule has 3 aromatic rings. The average molecular weight is 355 g/mol. The third-order valence-corrected chi connectivity index (χ3v) is 3.72. The molecule has 0 aliphatic rings. The molecule has 0 aliphatic carbocycles. The van der Waals surface area contributed by atoms with Crippen LogP contribution in [0.2, 0.25) is 0 Å². The van der Waals surface area contributed by atoms with E-state index in [1.807, 2.05) is 0 Å². The summed E-state index contributed by atoms with van der Waals surface area (Å²) in [6, 6.07) is 3.86. The molecule has 10 heteroatoms. The zero-order valence-corrected chi connectivity index (χ0v) is 13.4. The Balaban J connectivity index is 2.13. The Morgan fingerprint density at radius 3 is 2.44 bits per heavy atom. The first-order valence-electron chi connectivity index (χ1n) is 7.12. The second kappa shape index (κ2) is 5.87. The Hall–Kier alpha value is -2.91. The Labute approximate surface area is 139 Å². The first kappa shape index (κ1) is 16.9. The van der Waals surface area contributed by atoms with E-state index >= 15 is 0 Å². The van der Waals surface area contributed by atoms with Crippen molar-refractivity contribution in [3.63, 3.8) is 0 Å². The van der Waals surface area contributed by atoms with Gasteiger partial charge in [-0.2, -0.15) is 17.7 Å². The molecule has 0 fully saturated rings. The van der Waals surface area contributed by atoms with Gasteiger partial charge < -0.3 is 10.1 Å². The minimum Gasteiger partial charge on any atom is -0.497 e. The molecule has 132 valence electrons. The topological polar surface area (TPSA) is 64.3 Å². The number of nitrogens with one attached hydrogen (secondary N) is 1. The number of halogens is 4. The van der Waals surface area contributed by atoms with Crippen LogP contribution in [0, 0.1) is 19.7 Å². The summed E-state index contributed by atoms with van der Waals surface area (Å²) >= 11 is 0. The number of benzene rings is 1. The number of fused-ring (bicyclic) bond motifs is 1. The van der Waals surface area contributed by atoms with Crippen molar-refractivity contribution >= 4 is 17.2 Å². The number of rotatable bonds is 3. The van der Waals surface area contributed by atoms with Gasteiger partial charge in [-0.25, -0.2) is 4.39 Å². The third kappa shape index (κ3) is 3.06. The lowest BCUT2D eigenvalue weighted by Crippen LogP contribution is -2.14. The highest BCUT2D eigenvalue weighted by Gasteiger charge is 2.38. The van der Waals surface area contributed by atoms with Gasteiger partial charge in [0.25, 0.3) is 5.82 Å². The molecule has 25 heavy (non-hydrogen) atoms. The highest BCUT2D eigenvalue weighted by atomic mass is 19.4. The van der Waals surface area contributed by atoms with Gasteiger partial charge in [0.15, 0.2) is 11.5 Å². The molecule has 0 saturated heterocycles. The van der Waals surface area contributed by atoms with Crippen LogP contribution < -0.4 is 10.1 Å². The number of hydrogen-bond acceptors (Lipinski definition) is 5. The van der Waals surface area contributed by atoms with Crippen LogP contribution >= 0.6 is 0 Å². The molecule has 0 radical (unpaired) electrons. The number of alkyl halides is 3. The van der Waals surface area contributed by atoms with Crippen LogP contribution in [0.1, 0.15) is 17.0 Å². The molecular formula is C15H13F4N5O. The number of methoxy groups -OCH3 is 1. The second-order valence-electron chi connectivity index (χ2n) is 5.36. The summed E-state index contributed by atoms with van der Waals surface area (Å²) in [7, 11) is 1.38. The highest BCUT2D eigenvalue weighted by molar-refractivity contribution is 5.65.